The molecule has 1 aliphatic rings. The van der Waals surface area contributed by atoms with Gasteiger partial charge in [0.1, 0.15) is 10.6 Å². The van der Waals surface area contributed by atoms with E-state index in [9.17, 15) is 19.5 Å². The Morgan fingerprint density at radius 3 is 2.45 bits per heavy atom. The lowest BCUT2D eigenvalue weighted by molar-refractivity contribution is -0.132. The van der Waals surface area contributed by atoms with Crippen LogP contribution in [0.5, 0.6) is 0 Å². The van der Waals surface area contributed by atoms with Crippen molar-refractivity contribution in [3.05, 3.63) is 86.9 Å². The Labute approximate surface area is 195 Å². The van der Waals surface area contributed by atoms with E-state index in [1.165, 1.54) is 12.0 Å². The SMILES string of the molecule is COC(=O)c1sc(N2C(=O)C(=O)/C(=C(/O)c3cc(C)ccc3C)C2c2ccccc2)nc1C. The number of esters is 1. The van der Waals surface area contributed by atoms with Crippen LogP contribution in [0.1, 0.15) is 43.7 Å². The van der Waals surface area contributed by atoms with Gasteiger partial charge >= 0.3 is 11.9 Å². The molecule has 1 aliphatic heterocycles. The topological polar surface area (TPSA) is 96.8 Å². The van der Waals surface area contributed by atoms with Crippen LogP contribution in [0, 0.1) is 20.8 Å². The molecule has 1 amide bonds. The number of aryl methyl sites for hydroxylation is 3. The first-order chi connectivity index (χ1) is 15.7. The number of anilines is 1. The Kier molecular flexibility index (Phi) is 5.86. The van der Waals surface area contributed by atoms with Gasteiger partial charge in [-0.25, -0.2) is 9.78 Å². The fraction of sp³-hybridized carbons (Fsp3) is 0.200. The van der Waals surface area contributed by atoms with E-state index in [4.69, 9.17) is 4.74 Å². The number of thiazole rings is 1. The van der Waals surface area contributed by atoms with Gasteiger partial charge in [-0.1, -0.05) is 59.4 Å². The lowest BCUT2D eigenvalue weighted by Gasteiger charge is -2.23. The second kappa shape index (κ2) is 8.63. The zero-order valence-electron chi connectivity index (χ0n) is 18.6. The first-order valence-electron chi connectivity index (χ1n) is 10.2. The van der Waals surface area contributed by atoms with E-state index >= 15 is 0 Å². The maximum absolute atomic E-state index is 13.2. The van der Waals surface area contributed by atoms with E-state index in [2.05, 4.69) is 4.98 Å². The van der Waals surface area contributed by atoms with Crippen molar-refractivity contribution in [1.82, 2.24) is 4.98 Å². The van der Waals surface area contributed by atoms with E-state index in [1.807, 2.05) is 32.0 Å². The Bertz CT molecular complexity index is 1310. The monoisotopic (exact) mass is 462 g/mol. The van der Waals surface area contributed by atoms with Crippen molar-refractivity contribution in [2.24, 2.45) is 0 Å². The molecule has 33 heavy (non-hydrogen) atoms. The molecule has 1 unspecified atom stereocenters. The molecule has 1 fully saturated rings. The molecular weight excluding hydrogens is 440 g/mol. The lowest BCUT2D eigenvalue weighted by atomic mass is 9.93. The number of carbonyl (C=O) groups excluding carboxylic acids is 3. The summed E-state index contributed by atoms with van der Waals surface area (Å²) >= 11 is 0.972. The number of hydrogen-bond donors (Lipinski definition) is 1. The molecule has 2 heterocycles. The predicted molar refractivity (Wildman–Crippen MR) is 125 cm³/mol. The number of amides is 1. The number of benzene rings is 2. The van der Waals surface area contributed by atoms with E-state index in [0.717, 1.165) is 22.5 Å². The van der Waals surface area contributed by atoms with Gasteiger partial charge in [-0.15, -0.1) is 0 Å². The van der Waals surface area contributed by atoms with Crippen LogP contribution >= 0.6 is 11.3 Å². The number of aliphatic hydroxyl groups excluding tert-OH is 1. The van der Waals surface area contributed by atoms with Gasteiger partial charge in [-0.2, -0.15) is 0 Å². The van der Waals surface area contributed by atoms with Crippen LogP contribution in [0.4, 0.5) is 5.13 Å². The average Bonchev–Trinajstić information content (AvgIpc) is 3.32. The molecule has 0 radical (unpaired) electrons. The first kappa shape index (κ1) is 22.4. The van der Waals surface area contributed by atoms with Crippen LogP contribution in [-0.2, 0) is 14.3 Å². The van der Waals surface area contributed by atoms with Crippen molar-refractivity contribution >= 4 is 39.9 Å². The number of carbonyl (C=O) groups is 3. The number of rotatable bonds is 4. The molecule has 1 saturated heterocycles. The second-order valence-corrected chi connectivity index (χ2v) is 8.78. The Balaban J connectivity index is 1.96. The average molecular weight is 463 g/mol. The molecule has 0 saturated carbocycles. The molecule has 7 nitrogen and oxygen atoms in total. The van der Waals surface area contributed by atoms with Gasteiger partial charge in [0.05, 0.1) is 24.4 Å². The maximum Gasteiger partial charge on any atom is 0.350 e. The Morgan fingerprint density at radius 2 is 1.79 bits per heavy atom. The Hall–Kier alpha value is -3.78. The third-order valence-electron chi connectivity index (χ3n) is 5.57. The summed E-state index contributed by atoms with van der Waals surface area (Å²) in [6, 6.07) is 13.6. The number of nitrogens with zero attached hydrogens (tertiary/aromatic N) is 2. The second-order valence-electron chi connectivity index (χ2n) is 7.80. The van der Waals surface area contributed by atoms with Crippen molar-refractivity contribution < 1.29 is 24.2 Å². The predicted octanol–water partition coefficient (Wildman–Crippen LogP) is 4.48. The van der Waals surface area contributed by atoms with E-state index in [0.29, 0.717) is 16.8 Å². The van der Waals surface area contributed by atoms with Crippen molar-refractivity contribution in [1.29, 1.82) is 0 Å². The summed E-state index contributed by atoms with van der Waals surface area (Å²) in [6.45, 7) is 5.35. The zero-order valence-corrected chi connectivity index (χ0v) is 19.4. The zero-order chi connectivity index (χ0) is 23.9. The summed E-state index contributed by atoms with van der Waals surface area (Å²) in [4.78, 5) is 44.5. The standard InChI is InChI=1S/C25H22N2O5S/c1-13-10-11-14(2)17(12-13)20(28)18-19(16-8-6-5-7-9-16)27(23(30)21(18)29)25-26-15(3)22(33-25)24(31)32-4/h5-12,19,28H,1-4H3/b20-18+. The highest BCUT2D eigenvalue weighted by Gasteiger charge is 2.48. The molecule has 1 N–H and O–H groups in total. The minimum atomic E-state index is -0.901. The van der Waals surface area contributed by atoms with Gasteiger partial charge in [0.25, 0.3) is 5.78 Å². The largest absolute Gasteiger partial charge is 0.507 e. The number of hydrogen-bond acceptors (Lipinski definition) is 7. The number of Topliss-reactive ketones (excluding diaryl/α,β-unsaturated/α-hetero) is 1. The van der Waals surface area contributed by atoms with Crippen molar-refractivity contribution in [3.8, 4) is 0 Å². The third-order valence-corrected chi connectivity index (χ3v) is 6.71. The van der Waals surface area contributed by atoms with E-state index < -0.39 is 23.7 Å². The molecule has 1 aromatic heterocycles. The number of ketones is 1. The fourth-order valence-corrected chi connectivity index (χ4v) is 4.90. The van der Waals surface area contributed by atoms with Crippen LogP contribution in [0.25, 0.3) is 5.76 Å². The van der Waals surface area contributed by atoms with Crippen molar-refractivity contribution in [2.75, 3.05) is 12.0 Å². The maximum atomic E-state index is 13.2. The lowest BCUT2D eigenvalue weighted by Crippen LogP contribution is -2.29. The molecule has 0 spiro atoms. The van der Waals surface area contributed by atoms with Gasteiger partial charge < -0.3 is 9.84 Å². The molecule has 0 bridgehead atoms. The summed E-state index contributed by atoms with van der Waals surface area (Å²) < 4.78 is 4.81. The molecular formula is C25H22N2O5S. The summed E-state index contributed by atoms with van der Waals surface area (Å²) in [5.41, 5.74) is 3.17. The minimum Gasteiger partial charge on any atom is -0.507 e. The first-order valence-corrected chi connectivity index (χ1v) is 11.1. The van der Waals surface area contributed by atoms with Gasteiger partial charge in [0.15, 0.2) is 5.13 Å². The van der Waals surface area contributed by atoms with Crippen molar-refractivity contribution in [3.63, 3.8) is 0 Å². The minimum absolute atomic E-state index is 0.0210. The molecule has 8 heteroatoms. The quantitative estimate of drug-likeness (QED) is 0.266. The smallest absolute Gasteiger partial charge is 0.350 e. The van der Waals surface area contributed by atoms with Gasteiger partial charge in [0, 0.05) is 5.56 Å². The molecule has 0 aliphatic carbocycles. The fourth-order valence-electron chi connectivity index (χ4n) is 3.88. The van der Waals surface area contributed by atoms with Crippen LogP contribution < -0.4 is 4.90 Å². The van der Waals surface area contributed by atoms with Crippen LogP contribution in [0.15, 0.2) is 54.1 Å². The highest BCUT2D eigenvalue weighted by atomic mass is 32.1. The number of aliphatic hydroxyl groups is 1. The summed E-state index contributed by atoms with van der Waals surface area (Å²) in [6.07, 6.45) is 0. The van der Waals surface area contributed by atoms with E-state index in [-0.39, 0.29) is 21.3 Å². The summed E-state index contributed by atoms with van der Waals surface area (Å²) in [5.74, 6) is -2.44. The van der Waals surface area contributed by atoms with Crippen LogP contribution in [0.3, 0.4) is 0 Å². The van der Waals surface area contributed by atoms with Crippen LogP contribution in [0.2, 0.25) is 0 Å². The summed E-state index contributed by atoms with van der Waals surface area (Å²) in [7, 11) is 1.27. The molecule has 4 rings (SSSR count). The highest BCUT2D eigenvalue weighted by molar-refractivity contribution is 7.17. The Morgan fingerprint density at radius 1 is 1.09 bits per heavy atom. The van der Waals surface area contributed by atoms with E-state index in [1.54, 1.807) is 37.3 Å². The van der Waals surface area contributed by atoms with Gasteiger partial charge in [-0.05, 0) is 38.0 Å². The third kappa shape index (κ3) is 3.82. The summed E-state index contributed by atoms with van der Waals surface area (Å²) in [5, 5.41) is 11.5. The number of ether oxygens (including phenoxy) is 1. The normalized spacial score (nSPS) is 17.5. The molecule has 168 valence electrons. The molecule has 3 aromatic rings. The molecule has 1 atom stereocenters. The van der Waals surface area contributed by atoms with Crippen LogP contribution in [-0.4, -0.2) is 34.9 Å². The highest BCUT2D eigenvalue weighted by Crippen LogP contribution is 2.44. The van der Waals surface area contributed by atoms with Crippen molar-refractivity contribution in [2.45, 2.75) is 26.8 Å². The number of aromatic nitrogens is 1. The van der Waals surface area contributed by atoms with Gasteiger partial charge in [-0.3, -0.25) is 14.5 Å². The molecule has 2 aromatic carbocycles. The van der Waals surface area contributed by atoms with Gasteiger partial charge in [0.2, 0.25) is 0 Å². The number of methoxy groups -OCH3 is 1.